The summed E-state index contributed by atoms with van der Waals surface area (Å²) < 4.78 is 5.72. The Hall–Kier alpha value is -2.74. The average Bonchev–Trinajstić information content (AvgIpc) is 2.99. The Kier molecular flexibility index (Phi) is 14.2. The lowest BCUT2D eigenvalue weighted by molar-refractivity contribution is -0.140. The molecule has 0 atom stereocenters. The molecule has 1 fully saturated rings. The second-order valence-corrected chi connectivity index (χ2v) is 11.9. The van der Waals surface area contributed by atoms with Gasteiger partial charge in [-0.25, -0.2) is 9.97 Å². The Balaban J connectivity index is 1.39. The molecule has 40 heavy (non-hydrogen) atoms. The predicted molar refractivity (Wildman–Crippen MR) is 163 cm³/mol. The van der Waals surface area contributed by atoms with E-state index in [0.717, 1.165) is 50.5 Å². The second-order valence-electron chi connectivity index (χ2n) is 11.9. The number of esters is 1. The van der Waals surface area contributed by atoms with Crippen molar-refractivity contribution in [2.24, 2.45) is 11.3 Å². The van der Waals surface area contributed by atoms with Crippen LogP contribution in [0.4, 0.5) is 0 Å². The van der Waals surface area contributed by atoms with E-state index in [1.807, 2.05) is 36.7 Å². The average molecular weight is 546 g/mol. The molecular weight excluding hydrogens is 494 g/mol. The first kappa shape index (κ1) is 31.8. The monoisotopic (exact) mass is 545 g/mol. The van der Waals surface area contributed by atoms with E-state index < -0.39 is 0 Å². The van der Waals surface area contributed by atoms with Crippen molar-refractivity contribution >= 4 is 5.97 Å². The number of carbonyl (C=O) groups excluding carboxylic acids is 1. The molecule has 0 amide bonds. The Morgan fingerprint density at radius 3 is 1.98 bits per heavy atom. The normalized spacial score (nSPS) is 18.8. The molecule has 0 aliphatic heterocycles. The Morgan fingerprint density at radius 2 is 1.40 bits per heavy atom. The lowest BCUT2D eigenvalue weighted by Crippen LogP contribution is -2.31. The summed E-state index contributed by atoms with van der Waals surface area (Å²) in [5, 5.41) is 9.88. The quantitative estimate of drug-likeness (QED) is 0.106. The molecular formula is C35H51N3O2. The molecule has 0 unspecified atom stereocenters. The summed E-state index contributed by atoms with van der Waals surface area (Å²) in [7, 11) is 0. The molecule has 5 nitrogen and oxygen atoms in total. The van der Waals surface area contributed by atoms with Crippen LogP contribution in [-0.2, 0) is 11.2 Å². The summed E-state index contributed by atoms with van der Waals surface area (Å²) in [5.41, 5.74) is 1.84. The number of benzene rings is 1. The number of aromatic nitrogens is 2. The van der Waals surface area contributed by atoms with Gasteiger partial charge in [0.1, 0.15) is 5.75 Å². The Labute approximate surface area is 243 Å². The summed E-state index contributed by atoms with van der Waals surface area (Å²) in [5.74, 6) is 0.933. The van der Waals surface area contributed by atoms with Crippen molar-refractivity contribution in [1.82, 2.24) is 9.97 Å². The molecule has 0 N–H and O–H groups in total. The second kappa shape index (κ2) is 17.8. The number of rotatable bonds is 18. The van der Waals surface area contributed by atoms with Gasteiger partial charge in [0.2, 0.25) is 0 Å². The van der Waals surface area contributed by atoms with E-state index >= 15 is 0 Å². The van der Waals surface area contributed by atoms with E-state index in [1.165, 1.54) is 82.6 Å². The van der Waals surface area contributed by atoms with Crippen LogP contribution in [0.15, 0.2) is 36.7 Å². The zero-order valence-corrected chi connectivity index (χ0v) is 25.1. The minimum atomic E-state index is -0.257. The molecule has 1 aromatic heterocycles. The van der Waals surface area contributed by atoms with Crippen LogP contribution in [0, 0.1) is 22.7 Å². The number of aryl methyl sites for hydroxylation is 1. The fourth-order valence-corrected chi connectivity index (χ4v) is 5.86. The fraction of sp³-hybridized carbons (Fsp3) is 0.657. The van der Waals surface area contributed by atoms with Crippen molar-refractivity contribution in [3.63, 3.8) is 0 Å². The first-order valence-electron chi connectivity index (χ1n) is 16.1. The summed E-state index contributed by atoms with van der Waals surface area (Å²) >= 11 is 0. The van der Waals surface area contributed by atoms with E-state index in [-0.39, 0.29) is 17.3 Å². The van der Waals surface area contributed by atoms with E-state index in [2.05, 4.69) is 29.9 Å². The smallest absolute Gasteiger partial charge is 0.314 e. The van der Waals surface area contributed by atoms with Gasteiger partial charge >= 0.3 is 5.97 Å². The van der Waals surface area contributed by atoms with Gasteiger partial charge in [-0.3, -0.25) is 4.79 Å². The zero-order valence-electron chi connectivity index (χ0n) is 25.1. The maximum absolute atomic E-state index is 12.9. The number of nitrogens with zero attached hydrogens (tertiary/aromatic N) is 3. The van der Waals surface area contributed by atoms with Gasteiger partial charge in [-0.2, -0.15) is 5.26 Å². The molecule has 0 spiro atoms. The number of unbranched alkanes of at least 4 members (excludes halogenated alkanes) is 11. The van der Waals surface area contributed by atoms with Gasteiger partial charge in [-0.1, -0.05) is 90.9 Å². The molecule has 1 saturated carbocycles. The molecule has 0 saturated heterocycles. The number of hydrogen-bond donors (Lipinski definition) is 0. The predicted octanol–water partition coefficient (Wildman–Crippen LogP) is 9.79. The number of hydrogen-bond acceptors (Lipinski definition) is 5. The van der Waals surface area contributed by atoms with Gasteiger partial charge in [0.05, 0.1) is 17.4 Å². The van der Waals surface area contributed by atoms with E-state index in [4.69, 9.17) is 4.74 Å². The maximum Gasteiger partial charge on any atom is 0.314 e. The van der Waals surface area contributed by atoms with Gasteiger partial charge in [-0.05, 0) is 74.8 Å². The van der Waals surface area contributed by atoms with Crippen molar-refractivity contribution < 1.29 is 9.53 Å². The third kappa shape index (κ3) is 10.7. The van der Waals surface area contributed by atoms with Crippen molar-refractivity contribution in [2.75, 3.05) is 0 Å². The third-order valence-electron chi connectivity index (χ3n) is 8.63. The summed E-state index contributed by atoms with van der Waals surface area (Å²) in [4.78, 5) is 22.0. The van der Waals surface area contributed by atoms with Crippen LogP contribution in [0.25, 0.3) is 11.4 Å². The third-order valence-corrected chi connectivity index (χ3v) is 8.63. The topological polar surface area (TPSA) is 75.9 Å². The van der Waals surface area contributed by atoms with Crippen molar-refractivity contribution in [3.8, 4) is 23.2 Å². The standard InChI is InChI=1S/C35H51N3O2/c1-3-5-7-9-11-12-14-16-29-26-37-33(38-27-29)30-17-19-32(20-18-30)40-34(39)31-21-24-35(28-36,25-22-31)23-15-13-10-8-6-4-2/h17-20,26-27,31H,3-16,21-25H2,1-2H3. The van der Waals surface area contributed by atoms with Crippen molar-refractivity contribution in [2.45, 2.75) is 136 Å². The van der Waals surface area contributed by atoms with Crippen LogP contribution in [0.5, 0.6) is 5.75 Å². The zero-order chi connectivity index (χ0) is 28.5. The molecule has 1 aliphatic carbocycles. The molecule has 3 rings (SSSR count). The van der Waals surface area contributed by atoms with Gasteiger partial charge in [-0.15, -0.1) is 0 Å². The number of ether oxygens (including phenoxy) is 1. The van der Waals surface area contributed by atoms with Crippen LogP contribution < -0.4 is 4.74 Å². The fourth-order valence-electron chi connectivity index (χ4n) is 5.86. The van der Waals surface area contributed by atoms with E-state index in [1.54, 1.807) is 0 Å². The van der Waals surface area contributed by atoms with E-state index in [9.17, 15) is 10.1 Å². The largest absolute Gasteiger partial charge is 0.426 e. The van der Waals surface area contributed by atoms with Crippen LogP contribution in [0.2, 0.25) is 0 Å². The molecule has 1 heterocycles. The van der Waals surface area contributed by atoms with Gasteiger partial charge < -0.3 is 4.74 Å². The van der Waals surface area contributed by atoms with Crippen LogP contribution in [-0.4, -0.2) is 15.9 Å². The highest BCUT2D eigenvalue weighted by Crippen LogP contribution is 2.43. The molecule has 1 aromatic carbocycles. The maximum atomic E-state index is 12.9. The minimum absolute atomic E-state index is 0.127. The first-order chi connectivity index (χ1) is 19.6. The Bertz CT molecular complexity index is 1020. The number of carbonyl (C=O) groups is 1. The highest BCUT2D eigenvalue weighted by Gasteiger charge is 2.38. The lowest BCUT2D eigenvalue weighted by atomic mass is 9.69. The van der Waals surface area contributed by atoms with Crippen molar-refractivity contribution in [1.29, 1.82) is 5.26 Å². The highest BCUT2D eigenvalue weighted by molar-refractivity contribution is 5.75. The number of nitriles is 1. The van der Waals surface area contributed by atoms with E-state index in [0.29, 0.717) is 11.6 Å². The van der Waals surface area contributed by atoms with Crippen LogP contribution >= 0.6 is 0 Å². The molecule has 0 radical (unpaired) electrons. The summed E-state index contributed by atoms with van der Waals surface area (Å²) in [6, 6.07) is 10.1. The van der Waals surface area contributed by atoms with Crippen molar-refractivity contribution in [3.05, 3.63) is 42.2 Å². The van der Waals surface area contributed by atoms with Gasteiger partial charge in [0.25, 0.3) is 0 Å². The molecule has 218 valence electrons. The van der Waals surface area contributed by atoms with Gasteiger partial charge in [0.15, 0.2) is 5.82 Å². The molecule has 0 bridgehead atoms. The SMILES string of the molecule is CCCCCCCCCc1cnc(-c2ccc(OC(=O)C3CCC(C#N)(CCCCCCCC)CC3)cc2)nc1. The molecule has 5 heteroatoms. The lowest BCUT2D eigenvalue weighted by Gasteiger charge is -2.34. The summed E-state index contributed by atoms with van der Waals surface area (Å²) in [6.07, 6.45) is 25.5. The highest BCUT2D eigenvalue weighted by atomic mass is 16.5. The molecule has 2 aromatic rings. The Morgan fingerprint density at radius 1 is 0.850 bits per heavy atom. The molecule has 1 aliphatic rings. The summed E-state index contributed by atoms with van der Waals surface area (Å²) in [6.45, 7) is 4.48. The van der Waals surface area contributed by atoms with Crippen LogP contribution in [0.3, 0.4) is 0 Å². The van der Waals surface area contributed by atoms with Gasteiger partial charge in [0, 0.05) is 18.0 Å². The minimum Gasteiger partial charge on any atom is -0.426 e. The van der Waals surface area contributed by atoms with Crippen LogP contribution in [0.1, 0.15) is 135 Å². The first-order valence-corrected chi connectivity index (χ1v) is 16.1.